The summed E-state index contributed by atoms with van der Waals surface area (Å²) in [6.45, 7) is 0. The number of carbonyl (C=O) groups excluding carboxylic acids is 1. The number of nitrogens with two attached hydrogens (primary N) is 1. The molecule has 1 heterocycles. The maximum Gasteiger partial charge on any atom is 0.310 e. The summed E-state index contributed by atoms with van der Waals surface area (Å²) in [5, 5.41) is 0. The summed E-state index contributed by atoms with van der Waals surface area (Å²) in [6.07, 6.45) is 0.274. The third-order valence-electron chi connectivity index (χ3n) is 2.21. The second-order valence-electron chi connectivity index (χ2n) is 3.20. The molecule has 0 radical (unpaired) electrons. The lowest BCUT2D eigenvalue weighted by molar-refractivity contribution is -0.146. The molecule has 1 aliphatic heterocycles. The number of esters is 1. The van der Waals surface area contributed by atoms with E-state index in [1.807, 2.05) is 0 Å². The standard InChI is InChI=1S/C7H13NO4S/c1-12-7(9)5-2-3-13(10,11)4-6(5)8/h5-6H,2-4,8H2,1H3/t5-,6-/m0/s1. The normalized spacial score (nSPS) is 32.5. The van der Waals surface area contributed by atoms with Crippen LogP contribution >= 0.6 is 0 Å². The predicted molar refractivity (Wildman–Crippen MR) is 46.8 cm³/mol. The van der Waals surface area contributed by atoms with Crippen molar-refractivity contribution in [3.8, 4) is 0 Å². The van der Waals surface area contributed by atoms with Gasteiger partial charge < -0.3 is 10.5 Å². The van der Waals surface area contributed by atoms with Crippen LogP contribution in [0.15, 0.2) is 0 Å². The van der Waals surface area contributed by atoms with E-state index in [4.69, 9.17) is 5.73 Å². The Morgan fingerprint density at radius 2 is 2.15 bits per heavy atom. The lowest BCUT2D eigenvalue weighted by Gasteiger charge is -2.25. The molecule has 1 rings (SSSR count). The quantitative estimate of drug-likeness (QED) is 0.553. The number of ether oxygens (including phenoxy) is 1. The summed E-state index contributed by atoms with van der Waals surface area (Å²) < 4.78 is 26.7. The van der Waals surface area contributed by atoms with E-state index in [1.165, 1.54) is 7.11 Å². The molecule has 13 heavy (non-hydrogen) atoms. The Kier molecular flexibility index (Phi) is 2.92. The Hall–Kier alpha value is -0.620. The molecule has 2 N–H and O–H groups in total. The van der Waals surface area contributed by atoms with Crippen LogP contribution in [0.5, 0.6) is 0 Å². The average molecular weight is 207 g/mol. The van der Waals surface area contributed by atoms with Gasteiger partial charge in [-0.25, -0.2) is 8.42 Å². The second-order valence-corrected chi connectivity index (χ2v) is 5.43. The van der Waals surface area contributed by atoms with Gasteiger partial charge in [-0.3, -0.25) is 4.79 Å². The molecule has 1 aliphatic rings. The molecule has 0 amide bonds. The molecular formula is C7H13NO4S. The van der Waals surface area contributed by atoms with Gasteiger partial charge in [-0.15, -0.1) is 0 Å². The molecule has 0 aliphatic carbocycles. The van der Waals surface area contributed by atoms with E-state index < -0.39 is 27.8 Å². The van der Waals surface area contributed by atoms with Gasteiger partial charge in [0, 0.05) is 6.04 Å². The molecule has 2 atom stereocenters. The Bertz CT molecular complexity index is 298. The molecule has 0 bridgehead atoms. The Labute approximate surface area is 77.2 Å². The number of methoxy groups -OCH3 is 1. The minimum Gasteiger partial charge on any atom is -0.469 e. The SMILES string of the molecule is COC(=O)[C@H]1CCS(=O)(=O)C[C@@H]1N. The Morgan fingerprint density at radius 3 is 2.62 bits per heavy atom. The van der Waals surface area contributed by atoms with Gasteiger partial charge in [0.1, 0.15) is 0 Å². The highest BCUT2D eigenvalue weighted by Gasteiger charge is 2.35. The molecule has 5 nitrogen and oxygen atoms in total. The van der Waals surface area contributed by atoms with E-state index in [2.05, 4.69) is 4.74 Å². The average Bonchev–Trinajstić information content (AvgIpc) is 2.01. The molecule has 0 saturated carbocycles. The van der Waals surface area contributed by atoms with Crippen molar-refractivity contribution >= 4 is 15.8 Å². The van der Waals surface area contributed by atoms with Crippen LogP contribution in [0.25, 0.3) is 0 Å². The van der Waals surface area contributed by atoms with Gasteiger partial charge in [-0.1, -0.05) is 0 Å². The monoisotopic (exact) mass is 207 g/mol. The van der Waals surface area contributed by atoms with Crippen LogP contribution in [-0.4, -0.2) is 39.0 Å². The Morgan fingerprint density at radius 1 is 1.54 bits per heavy atom. The second kappa shape index (κ2) is 3.63. The number of carbonyl (C=O) groups is 1. The van der Waals surface area contributed by atoms with Gasteiger partial charge in [0.25, 0.3) is 0 Å². The van der Waals surface area contributed by atoms with Crippen LogP contribution in [0.3, 0.4) is 0 Å². The van der Waals surface area contributed by atoms with Crippen LogP contribution < -0.4 is 5.73 Å². The first-order valence-electron chi connectivity index (χ1n) is 4.00. The molecule has 0 spiro atoms. The van der Waals surface area contributed by atoms with E-state index in [0.717, 1.165) is 0 Å². The molecular weight excluding hydrogens is 194 g/mol. The molecule has 76 valence electrons. The van der Waals surface area contributed by atoms with Crippen molar-refractivity contribution in [3.63, 3.8) is 0 Å². The van der Waals surface area contributed by atoms with Gasteiger partial charge in [0.05, 0.1) is 24.5 Å². The highest BCUT2D eigenvalue weighted by Crippen LogP contribution is 2.19. The van der Waals surface area contributed by atoms with Gasteiger partial charge in [0.2, 0.25) is 0 Å². The molecule has 0 aromatic rings. The highest BCUT2D eigenvalue weighted by molar-refractivity contribution is 7.91. The third-order valence-corrected chi connectivity index (χ3v) is 3.96. The first-order valence-corrected chi connectivity index (χ1v) is 5.82. The van der Waals surface area contributed by atoms with Crippen molar-refractivity contribution in [2.24, 2.45) is 11.7 Å². The van der Waals surface area contributed by atoms with Gasteiger partial charge >= 0.3 is 5.97 Å². The smallest absolute Gasteiger partial charge is 0.310 e. The zero-order chi connectivity index (χ0) is 10.1. The van der Waals surface area contributed by atoms with Crippen LogP contribution in [0.1, 0.15) is 6.42 Å². The highest BCUT2D eigenvalue weighted by atomic mass is 32.2. The van der Waals surface area contributed by atoms with Crippen molar-refractivity contribution in [3.05, 3.63) is 0 Å². The zero-order valence-corrected chi connectivity index (χ0v) is 8.21. The van der Waals surface area contributed by atoms with E-state index >= 15 is 0 Å². The topological polar surface area (TPSA) is 86.5 Å². The molecule has 1 saturated heterocycles. The zero-order valence-electron chi connectivity index (χ0n) is 7.39. The van der Waals surface area contributed by atoms with Crippen LogP contribution in [-0.2, 0) is 19.4 Å². The minimum atomic E-state index is -3.04. The van der Waals surface area contributed by atoms with Crippen molar-refractivity contribution in [2.45, 2.75) is 12.5 Å². The fourth-order valence-corrected chi connectivity index (χ4v) is 3.06. The summed E-state index contributed by atoms with van der Waals surface area (Å²) in [6, 6.07) is -0.619. The summed E-state index contributed by atoms with van der Waals surface area (Å²) in [5.74, 6) is -0.969. The van der Waals surface area contributed by atoms with Crippen LogP contribution in [0, 0.1) is 5.92 Å². The maximum atomic E-state index is 11.1. The van der Waals surface area contributed by atoms with Crippen molar-refractivity contribution < 1.29 is 17.9 Å². The van der Waals surface area contributed by atoms with E-state index in [0.29, 0.717) is 0 Å². The first-order chi connectivity index (χ1) is 5.96. The lowest BCUT2D eigenvalue weighted by Crippen LogP contribution is -2.46. The fraction of sp³-hybridized carbons (Fsp3) is 0.857. The van der Waals surface area contributed by atoms with E-state index in [1.54, 1.807) is 0 Å². The van der Waals surface area contributed by atoms with Gasteiger partial charge in [-0.2, -0.15) is 0 Å². The summed E-state index contributed by atoms with van der Waals surface area (Å²) in [4.78, 5) is 11.1. The van der Waals surface area contributed by atoms with E-state index in [9.17, 15) is 13.2 Å². The molecule has 0 aromatic heterocycles. The van der Waals surface area contributed by atoms with Crippen LogP contribution in [0.4, 0.5) is 0 Å². The molecule has 0 aromatic carbocycles. The number of sulfone groups is 1. The van der Waals surface area contributed by atoms with Gasteiger partial charge in [0.15, 0.2) is 9.84 Å². The van der Waals surface area contributed by atoms with Crippen LogP contribution in [0.2, 0.25) is 0 Å². The molecule has 6 heteroatoms. The Balaban J connectivity index is 2.69. The van der Waals surface area contributed by atoms with Gasteiger partial charge in [-0.05, 0) is 6.42 Å². The minimum absolute atomic E-state index is 0.0282. The van der Waals surface area contributed by atoms with Crippen molar-refractivity contribution in [1.82, 2.24) is 0 Å². The summed E-state index contributed by atoms with van der Waals surface area (Å²) in [5.41, 5.74) is 5.55. The first kappa shape index (κ1) is 10.5. The van der Waals surface area contributed by atoms with E-state index in [-0.39, 0.29) is 17.9 Å². The van der Waals surface area contributed by atoms with Crippen molar-refractivity contribution in [2.75, 3.05) is 18.6 Å². The van der Waals surface area contributed by atoms with Crippen molar-refractivity contribution in [1.29, 1.82) is 0 Å². The fourth-order valence-electron chi connectivity index (χ4n) is 1.46. The lowest BCUT2D eigenvalue weighted by atomic mass is 9.99. The molecule has 1 fully saturated rings. The summed E-state index contributed by atoms with van der Waals surface area (Å²) in [7, 11) is -1.76. The number of rotatable bonds is 1. The predicted octanol–water partition coefficient (Wildman–Crippen LogP) is -1.08. The third kappa shape index (κ3) is 2.41. The largest absolute Gasteiger partial charge is 0.469 e. The maximum absolute atomic E-state index is 11.1. The number of hydrogen-bond acceptors (Lipinski definition) is 5. The molecule has 0 unspecified atom stereocenters. The number of hydrogen-bond donors (Lipinski definition) is 1. The summed E-state index contributed by atoms with van der Waals surface area (Å²) >= 11 is 0.